The van der Waals surface area contributed by atoms with Crippen LogP contribution in [0.2, 0.25) is 10.0 Å². The van der Waals surface area contributed by atoms with Crippen LogP contribution < -0.4 is 10.5 Å². The Labute approximate surface area is 182 Å². The zero-order valence-corrected chi connectivity index (χ0v) is 16.9. The Morgan fingerprint density at radius 3 is 2.50 bits per heavy atom. The Balaban J connectivity index is 1.88. The van der Waals surface area contributed by atoms with Crippen LogP contribution in [0.1, 0.15) is 17.0 Å². The van der Waals surface area contributed by atoms with Gasteiger partial charge in [0.05, 0.1) is 17.2 Å². The summed E-state index contributed by atoms with van der Waals surface area (Å²) >= 11 is 12.4. The van der Waals surface area contributed by atoms with Crippen molar-refractivity contribution in [1.29, 1.82) is 5.26 Å². The van der Waals surface area contributed by atoms with Gasteiger partial charge < -0.3 is 15.6 Å². The van der Waals surface area contributed by atoms with Crippen molar-refractivity contribution in [3.05, 3.63) is 93.3 Å². The summed E-state index contributed by atoms with van der Waals surface area (Å²) in [5, 5.41) is 29.8. The summed E-state index contributed by atoms with van der Waals surface area (Å²) in [6.45, 7) is 0. The third-order valence-corrected chi connectivity index (χ3v) is 5.20. The number of phenolic OH excluding ortho intramolecular Hbond substituents is 1. The Bertz CT molecular complexity index is 1230. The van der Waals surface area contributed by atoms with E-state index in [4.69, 9.17) is 33.7 Å². The number of nitrogens with zero attached hydrogens (tertiary/aromatic N) is 3. The molecule has 0 saturated carbocycles. The number of phenols is 1. The lowest BCUT2D eigenvalue weighted by atomic mass is 9.82. The maximum atomic E-state index is 11.0. The molecule has 1 atom stereocenters. The number of fused-ring (bicyclic) bond motifs is 1. The second-order valence-electron chi connectivity index (χ2n) is 6.47. The molecule has 30 heavy (non-hydrogen) atoms. The third kappa shape index (κ3) is 3.57. The summed E-state index contributed by atoms with van der Waals surface area (Å²) in [5.74, 6) is -0.684. The lowest BCUT2D eigenvalue weighted by Gasteiger charge is -2.28. The van der Waals surface area contributed by atoms with Crippen LogP contribution in [0.4, 0.5) is 11.4 Å². The molecule has 3 N–H and O–H groups in total. The predicted molar refractivity (Wildman–Crippen MR) is 114 cm³/mol. The molecule has 3 aromatic carbocycles. The molecule has 148 valence electrons. The van der Waals surface area contributed by atoms with Crippen LogP contribution in [0.25, 0.3) is 0 Å². The number of nitrogens with two attached hydrogens (primary N) is 1. The minimum absolute atomic E-state index is 0.0564. The highest BCUT2D eigenvalue weighted by molar-refractivity contribution is 6.35. The number of halogens is 2. The van der Waals surface area contributed by atoms with E-state index in [1.165, 1.54) is 0 Å². The largest absolute Gasteiger partial charge is 0.505 e. The number of nitriles is 1. The number of rotatable bonds is 3. The van der Waals surface area contributed by atoms with E-state index in [2.05, 4.69) is 16.3 Å². The molecule has 0 aromatic heterocycles. The molecule has 4 rings (SSSR count). The van der Waals surface area contributed by atoms with Crippen molar-refractivity contribution >= 4 is 34.6 Å². The number of benzene rings is 3. The first-order valence-corrected chi connectivity index (χ1v) is 9.60. The number of hydrogen-bond acceptors (Lipinski definition) is 6. The molecule has 8 heteroatoms. The maximum Gasteiger partial charge on any atom is 0.205 e. The van der Waals surface area contributed by atoms with E-state index < -0.39 is 5.92 Å². The van der Waals surface area contributed by atoms with E-state index >= 15 is 0 Å². The van der Waals surface area contributed by atoms with Gasteiger partial charge >= 0.3 is 0 Å². The van der Waals surface area contributed by atoms with E-state index in [1.54, 1.807) is 42.5 Å². The SMILES string of the molecule is N#CC1=C(N)Oc2ccc(N=Nc3ccccc3)c(O)c2C1c1ccc(Cl)cc1Cl. The standard InChI is InChI=1S/C22H14Cl2N4O2/c23-12-6-7-14(16(24)10-12)19-15(11-25)22(26)30-18-9-8-17(21(29)20(18)19)28-27-13-4-2-1-3-5-13/h1-10,19,29H,26H2. The van der Waals surface area contributed by atoms with Crippen LogP contribution >= 0.6 is 23.2 Å². The first-order chi connectivity index (χ1) is 14.5. The minimum atomic E-state index is -0.754. The smallest absolute Gasteiger partial charge is 0.205 e. The quantitative estimate of drug-likeness (QED) is 0.467. The Morgan fingerprint density at radius 2 is 1.80 bits per heavy atom. The second kappa shape index (κ2) is 8.07. The fourth-order valence-corrected chi connectivity index (χ4v) is 3.78. The van der Waals surface area contributed by atoms with E-state index in [-0.39, 0.29) is 22.9 Å². The van der Waals surface area contributed by atoms with Gasteiger partial charge in [0.25, 0.3) is 0 Å². The van der Waals surface area contributed by atoms with Gasteiger partial charge in [0, 0.05) is 10.0 Å². The zero-order chi connectivity index (χ0) is 21.3. The van der Waals surface area contributed by atoms with E-state index in [9.17, 15) is 10.4 Å². The lowest BCUT2D eigenvalue weighted by molar-refractivity contribution is 0.382. The van der Waals surface area contributed by atoms with Crippen molar-refractivity contribution in [2.75, 3.05) is 0 Å². The molecule has 0 radical (unpaired) electrons. The van der Waals surface area contributed by atoms with Gasteiger partial charge in [-0.3, -0.25) is 0 Å². The summed E-state index contributed by atoms with van der Waals surface area (Å²) in [4.78, 5) is 0. The maximum absolute atomic E-state index is 11.0. The van der Waals surface area contributed by atoms with E-state index in [1.807, 2.05) is 18.2 Å². The van der Waals surface area contributed by atoms with Crippen molar-refractivity contribution < 1.29 is 9.84 Å². The molecule has 1 aliphatic heterocycles. The van der Waals surface area contributed by atoms with Gasteiger partial charge in [-0.2, -0.15) is 10.4 Å². The van der Waals surface area contributed by atoms with E-state index in [0.29, 0.717) is 32.6 Å². The van der Waals surface area contributed by atoms with Crippen molar-refractivity contribution in [2.24, 2.45) is 16.0 Å². The van der Waals surface area contributed by atoms with Gasteiger partial charge in [0.1, 0.15) is 23.1 Å². The number of aromatic hydroxyl groups is 1. The molecule has 0 spiro atoms. The van der Waals surface area contributed by atoms with Crippen LogP contribution in [-0.2, 0) is 0 Å². The Kier molecular flexibility index (Phi) is 5.32. The van der Waals surface area contributed by atoms with Crippen molar-refractivity contribution in [1.82, 2.24) is 0 Å². The topological polar surface area (TPSA) is 104 Å². The van der Waals surface area contributed by atoms with Crippen molar-refractivity contribution in [2.45, 2.75) is 5.92 Å². The minimum Gasteiger partial charge on any atom is -0.505 e. The molecule has 1 aliphatic rings. The van der Waals surface area contributed by atoms with Gasteiger partial charge in [0.15, 0.2) is 5.75 Å². The molecular formula is C22H14Cl2N4O2. The fourth-order valence-electron chi connectivity index (χ4n) is 3.26. The monoisotopic (exact) mass is 436 g/mol. The van der Waals surface area contributed by atoms with Crippen LogP contribution in [0.5, 0.6) is 11.5 Å². The van der Waals surface area contributed by atoms with Gasteiger partial charge in [0.2, 0.25) is 5.88 Å². The van der Waals surface area contributed by atoms with Crippen LogP contribution in [-0.4, -0.2) is 5.11 Å². The van der Waals surface area contributed by atoms with Crippen LogP contribution in [0.15, 0.2) is 82.3 Å². The molecule has 1 heterocycles. The first-order valence-electron chi connectivity index (χ1n) is 8.84. The molecule has 6 nitrogen and oxygen atoms in total. The number of hydrogen-bond donors (Lipinski definition) is 2. The summed E-state index contributed by atoms with van der Waals surface area (Å²) in [6.07, 6.45) is 0. The molecule has 0 fully saturated rings. The summed E-state index contributed by atoms with van der Waals surface area (Å²) < 4.78 is 5.58. The third-order valence-electron chi connectivity index (χ3n) is 4.64. The number of allylic oxidation sites excluding steroid dienone is 1. The summed E-state index contributed by atoms with van der Waals surface area (Å²) in [5.41, 5.74) is 7.83. The highest BCUT2D eigenvalue weighted by atomic mass is 35.5. The van der Waals surface area contributed by atoms with Crippen LogP contribution in [0.3, 0.4) is 0 Å². The highest BCUT2D eigenvalue weighted by Crippen LogP contribution is 2.51. The van der Waals surface area contributed by atoms with Crippen molar-refractivity contribution in [3.63, 3.8) is 0 Å². The summed E-state index contributed by atoms with van der Waals surface area (Å²) in [7, 11) is 0. The lowest BCUT2D eigenvalue weighted by Crippen LogP contribution is -2.21. The van der Waals surface area contributed by atoms with Gasteiger partial charge in [-0.15, -0.1) is 5.11 Å². The zero-order valence-electron chi connectivity index (χ0n) is 15.4. The van der Waals surface area contributed by atoms with Gasteiger partial charge in [-0.25, -0.2) is 0 Å². The number of azo groups is 1. The van der Waals surface area contributed by atoms with Gasteiger partial charge in [-0.05, 0) is 42.0 Å². The predicted octanol–water partition coefficient (Wildman–Crippen LogP) is 6.33. The molecule has 0 saturated heterocycles. The fraction of sp³-hybridized carbons (Fsp3) is 0.0455. The Hall–Kier alpha value is -3.53. The Morgan fingerprint density at radius 1 is 1.03 bits per heavy atom. The average Bonchev–Trinajstić information content (AvgIpc) is 2.73. The normalized spacial score (nSPS) is 15.6. The van der Waals surface area contributed by atoms with Crippen LogP contribution in [0, 0.1) is 11.3 Å². The van der Waals surface area contributed by atoms with Gasteiger partial charge in [-0.1, -0.05) is 47.5 Å². The highest BCUT2D eigenvalue weighted by Gasteiger charge is 2.35. The number of ether oxygens (including phenoxy) is 1. The molecule has 3 aromatic rings. The first kappa shape index (κ1) is 19.8. The van der Waals surface area contributed by atoms with Crippen molar-refractivity contribution in [3.8, 4) is 17.6 Å². The molecule has 0 aliphatic carbocycles. The average molecular weight is 437 g/mol. The molecule has 0 bridgehead atoms. The van der Waals surface area contributed by atoms with E-state index in [0.717, 1.165) is 0 Å². The summed E-state index contributed by atoms with van der Waals surface area (Å²) in [6, 6.07) is 19.3. The second-order valence-corrected chi connectivity index (χ2v) is 7.31. The molecule has 0 amide bonds. The molecule has 1 unspecified atom stereocenters. The molecular weight excluding hydrogens is 423 g/mol.